The molecule has 3 rings (SSSR count). The Balaban J connectivity index is 0.00000208. The third-order valence-corrected chi connectivity index (χ3v) is 5.36. The van der Waals surface area contributed by atoms with Crippen LogP contribution in [0.25, 0.3) is 0 Å². The van der Waals surface area contributed by atoms with Gasteiger partial charge in [0.1, 0.15) is 0 Å². The number of anilines is 1. The van der Waals surface area contributed by atoms with Crippen molar-refractivity contribution in [3.05, 3.63) is 29.8 Å². The summed E-state index contributed by atoms with van der Waals surface area (Å²) in [7, 11) is 1.69. The lowest BCUT2D eigenvalue weighted by atomic mass is 9.84. The normalized spacial score (nSPS) is 27.5. The molecule has 1 aromatic rings. The van der Waals surface area contributed by atoms with Gasteiger partial charge in [-0.25, -0.2) is 0 Å². The van der Waals surface area contributed by atoms with Crippen LogP contribution >= 0.6 is 12.4 Å². The van der Waals surface area contributed by atoms with E-state index in [9.17, 15) is 9.59 Å². The molecule has 2 aliphatic rings. The topological polar surface area (TPSA) is 75.4 Å². The molecular weight excluding hydrogens is 326 g/mol. The molecule has 24 heavy (non-hydrogen) atoms. The molecule has 6 heteroatoms. The number of aryl methyl sites for hydroxylation is 1. The summed E-state index contributed by atoms with van der Waals surface area (Å²) in [5, 5.41) is 2.83. The Bertz CT molecular complexity index is 603. The van der Waals surface area contributed by atoms with Crippen LogP contribution < -0.4 is 11.1 Å². The average Bonchev–Trinajstić information content (AvgIpc) is 3.10. The van der Waals surface area contributed by atoms with Crippen molar-refractivity contribution in [1.82, 2.24) is 4.90 Å². The Morgan fingerprint density at radius 1 is 1.21 bits per heavy atom. The molecule has 0 spiro atoms. The molecule has 2 bridgehead atoms. The molecule has 2 saturated carbocycles. The molecule has 0 radical (unpaired) electrons. The first-order valence-corrected chi connectivity index (χ1v) is 8.33. The number of halogens is 1. The smallest absolute Gasteiger partial charge is 0.243 e. The standard InChI is InChI=1S/C18H25N3O2.ClH/c1-11-3-7-14(8-4-11)20-15(22)10-21(2)18(23)16-12-5-6-13(9-12)17(16)19;/h3-4,7-8,12-13,16-17H,5-6,9-10,19H2,1-2H3,(H,20,22);1H. The largest absolute Gasteiger partial charge is 0.336 e. The fourth-order valence-electron chi connectivity index (χ4n) is 4.09. The van der Waals surface area contributed by atoms with Crippen molar-refractivity contribution < 1.29 is 9.59 Å². The highest BCUT2D eigenvalue weighted by molar-refractivity contribution is 5.95. The Hall–Kier alpha value is -1.59. The molecule has 2 aliphatic carbocycles. The first kappa shape index (κ1) is 18.7. The molecule has 4 unspecified atom stereocenters. The van der Waals surface area contributed by atoms with Gasteiger partial charge in [-0.05, 0) is 50.2 Å². The lowest BCUT2D eigenvalue weighted by Gasteiger charge is -2.30. The van der Waals surface area contributed by atoms with Crippen LogP contribution in [0.15, 0.2) is 24.3 Å². The van der Waals surface area contributed by atoms with E-state index in [0.717, 1.165) is 30.5 Å². The van der Waals surface area contributed by atoms with Crippen LogP contribution in [0.4, 0.5) is 5.69 Å². The van der Waals surface area contributed by atoms with Gasteiger partial charge in [0.15, 0.2) is 0 Å². The molecule has 1 aromatic carbocycles. The van der Waals surface area contributed by atoms with Crippen molar-refractivity contribution in [3.8, 4) is 0 Å². The van der Waals surface area contributed by atoms with E-state index < -0.39 is 0 Å². The zero-order chi connectivity index (χ0) is 16.6. The van der Waals surface area contributed by atoms with Crippen LogP contribution in [0.2, 0.25) is 0 Å². The van der Waals surface area contributed by atoms with E-state index in [-0.39, 0.29) is 42.7 Å². The first-order valence-electron chi connectivity index (χ1n) is 8.33. The Labute approximate surface area is 149 Å². The summed E-state index contributed by atoms with van der Waals surface area (Å²) in [5.74, 6) is 0.630. The lowest BCUT2D eigenvalue weighted by Crippen LogP contribution is -2.47. The summed E-state index contributed by atoms with van der Waals surface area (Å²) >= 11 is 0. The maximum Gasteiger partial charge on any atom is 0.243 e. The molecule has 0 aromatic heterocycles. The average molecular weight is 352 g/mol. The third kappa shape index (κ3) is 3.73. The Morgan fingerprint density at radius 2 is 1.83 bits per heavy atom. The number of hydrogen-bond acceptors (Lipinski definition) is 3. The van der Waals surface area contributed by atoms with Crippen LogP contribution in [0.5, 0.6) is 0 Å². The van der Waals surface area contributed by atoms with Crippen molar-refractivity contribution >= 4 is 29.9 Å². The van der Waals surface area contributed by atoms with Crippen LogP contribution in [-0.4, -0.2) is 36.3 Å². The fraction of sp³-hybridized carbons (Fsp3) is 0.556. The second-order valence-electron chi connectivity index (χ2n) is 7.04. The van der Waals surface area contributed by atoms with Gasteiger partial charge in [0.25, 0.3) is 0 Å². The summed E-state index contributed by atoms with van der Waals surface area (Å²) in [5.41, 5.74) is 8.11. The molecule has 0 heterocycles. The minimum atomic E-state index is -0.179. The van der Waals surface area contributed by atoms with Gasteiger partial charge >= 0.3 is 0 Å². The van der Waals surface area contributed by atoms with Gasteiger partial charge in [-0.2, -0.15) is 0 Å². The van der Waals surface area contributed by atoms with Crippen molar-refractivity contribution in [2.45, 2.75) is 32.2 Å². The van der Waals surface area contributed by atoms with E-state index in [2.05, 4.69) is 5.32 Å². The number of rotatable bonds is 4. The number of fused-ring (bicyclic) bond motifs is 2. The van der Waals surface area contributed by atoms with Gasteiger partial charge < -0.3 is 16.0 Å². The number of benzene rings is 1. The van der Waals surface area contributed by atoms with E-state index in [0.29, 0.717) is 11.8 Å². The van der Waals surface area contributed by atoms with Gasteiger partial charge in [-0.3, -0.25) is 9.59 Å². The fourth-order valence-corrected chi connectivity index (χ4v) is 4.09. The van der Waals surface area contributed by atoms with Crippen molar-refractivity contribution in [1.29, 1.82) is 0 Å². The van der Waals surface area contributed by atoms with Crippen LogP contribution in [0.3, 0.4) is 0 Å². The van der Waals surface area contributed by atoms with E-state index >= 15 is 0 Å². The second-order valence-corrected chi connectivity index (χ2v) is 7.04. The van der Waals surface area contributed by atoms with Crippen molar-refractivity contribution in [2.24, 2.45) is 23.5 Å². The highest BCUT2D eigenvalue weighted by Crippen LogP contribution is 2.48. The Kier molecular flexibility index (Phi) is 5.88. The van der Waals surface area contributed by atoms with Crippen molar-refractivity contribution in [3.63, 3.8) is 0 Å². The Morgan fingerprint density at radius 3 is 2.42 bits per heavy atom. The number of carbonyl (C=O) groups is 2. The summed E-state index contributed by atoms with van der Waals surface area (Å²) in [4.78, 5) is 26.3. The maximum absolute atomic E-state index is 12.6. The van der Waals surface area contributed by atoms with Gasteiger partial charge in [0, 0.05) is 18.8 Å². The molecule has 2 amide bonds. The number of nitrogens with two attached hydrogens (primary N) is 1. The van der Waals surface area contributed by atoms with E-state index in [1.165, 1.54) is 4.90 Å². The third-order valence-electron chi connectivity index (χ3n) is 5.36. The van der Waals surface area contributed by atoms with Gasteiger partial charge in [-0.1, -0.05) is 17.7 Å². The number of carbonyl (C=O) groups excluding carboxylic acids is 2. The van der Waals surface area contributed by atoms with E-state index in [1.807, 2.05) is 31.2 Å². The highest BCUT2D eigenvalue weighted by Gasteiger charge is 2.49. The zero-order valence-corrected chi connectivity index (χ0v) is 15.0. The first-order chi connectivity index (χ1) is 11.0. The summed E-state index contributed by atoms with van der Waals surface area (Å²) in [6.45, 7) is 2.06. The van der Waals surface area contributed by atoms with Gasteiger partial charge in [0.05, 0.1) is 12.5 Å². The van der Waals surface area contributed by atoms with Gasteiger partial charge in [-0.15, -0.1) is 12.4 Å². The molecule has 0 aliphatic heterocycles. The van der Waals surface area contributed by atoms with Crippen LogP contribution in [0, 0.1) is 24.7 Å². The predicted octanol–water partition coefficient (Wildman–Crippen LogP) is 2.19. The number of nitrogens with zero attached hydrogens (tertiary/aromatic N) is 1. The molecular formula is C18H26ClN3O2. The zero-order valence-electron chi connectivity index (χ0n) is 14.2. The number of hydrogen-bond donors (Lipinski definition) is 2. The second kappa shape index (κ2) is 7.53. The molecule has 132 valence electrons. The summed E-state index contributed by atoms with van der Waals surface area (Å²) < 4.78 is 0. The summed E-state index contributed by atoms with van der Waals surface area (Å²) in [6.07, 6.45) is 3.31. The number of likely N-dealkylation sites (N-methyl/N-ethyl adjacent to an activating group) is 1. The monoisotopic (exact) mass is 351 g/mol. The molecule has 5 nitrogen and oxygen atoms in total. The minimum Gasteiger partial charge on any atom is -0.336 e. The summed E-state index contributed by atoms with van der Waals surface area (Å²) in [6, 6.07) is 7.57. The van der Waals surface area contributed by atoms with Crippen LogP contribution in [-0.2, 0) is 9.59 Å². The molecule has 4 atom stereocenters. The van der Waals surface area contributed by atoms with Crippen molar-refractivity contribution in [2.75, 3.05) is 18.9 Å². The SMILES string of the molecule is Cc1ccc(NC(=O)CN(C)C(=O)C2C3CCC(C3)C2N)cc1.Cl. The lowest BCUT2D eigenvalue weighted by molar-refractivity contribution is -0.138. The molecule has 0 saturated heterocycles. The minimum absolute atomic E-state index is 0. The molecule has 2 fully saturated rings. The predicted molar refractivity (Wildman–Crippen MR) is 97.0 cm³/mol. The number of amides is 2. The maximum atomic E-state index is 12.6. The number of nitrogens with one attached hydrogen (secondary N) is 1. The van der Waals surface area contributed by atoms with Crippen LogP contribution in [0.1, 0.15) is 24.8 Å². The quantitative estimate of drug-likeness (QED) is 0.873. The van der Waals surface area contributed by atoms with Gasteiger partial charge in [0.2, 0.25) is 11.8 Å². The van der Waals surface area contributed by atoms with E-state index in [4.69, 9.17) is 5.73 Å². The van der Waals surface area contributed by atoms with E-state index in [1.54, 1.807) is 7.05 Å². The molecule has 3 N–H and O–H groups in total. The highest BCUT2D eigenvalue weighted by atomic mass is 35.5.